The molecular formula is C16H13NO. The van der Waals surface area contributed by atoms with E-state index in [1.54, 1.807) is 12.1 Å². The molecule has 1 aromatic heterocycles. The molecule has 0 aliphatic heterocycles. The third kappa shape index (κ3) is 2.00. The maximum atomic E-state index is 9.28. The lowest BCUT2D eigenvalue weighted by atomic mass is 10.1. The number of phenolic OH excluding ortho intramolecular Hbond substituents is 1. The average molecular weight is 235 g/mol. The van der Waals surface area contributed by atoms with Crippen LogP contribution in [-0.2, 0) is 0 Å². The monoisotopic (exact) mass is 235 g/mol. The third-order valence-corrected chi connectivity index (χ3v) is 2.95. The normalized spacial score (nSPS) is 10.4. The maximum absolute atomic E-state index is 9.28. The Bertz CT molecular complexity index is 638. The van der Waals surface area contributed by atoms with E-state index < -0.39 is 0 Å². The fourth-order valence-electron chi connectivity index (χ4n) is 1.99. The molecule has 0 fully saturated rings. The molecule has 3 aromatic rings. The van der Waals surface area contributed by atoms with Gasteiger partial charge in [-0.25, -0.2) is 0 Å². The number of hydrogen-bond acceptors (Lipinski definition) is 1. The Morgan fingerprint density at radius 3 is 1.78 bits per heavy atom. The van der Waals surface area contributed by atoms with Crippen LogP contribution in [0.4, 0.5) is 0 Å². The summed E-state index contributed by atoms with van der Waals surface area (Å²) in [5.41, 5.74) is 4.38. The van der Waals surface area contributed by atoms with Crippen molar-refractivity contribution in [3.8, 4) is 28.3 Å². The number of aromatic hydroxyl groups is 1. The number of H-pyrrole nitrogens is 1. The zero-order chi connectivity index (χ0) is 12.4. The second-order valence-electron chi connectivity index (χ2n) is 4.20. The molecule has 1 heterocycles. The zero-order valence-corrected chi connectivity index (χ0v) is 9.80. The van der Waals surface area contributed by atoms with Gasteiger partial charge in [0, 0.05) is 11.4 Å². The number of nitrogens with one attached hydrogen (secondary N) is 1. The summed E-state index contributed by atoms with van der Waals surface area (Å²) in [6.07, 6.45) is 0. The van der Waals surface area contributed by atoms with Crippen molar-refractivity contribution in [1.29, 1.82) is 0 Å². The molecule has 0 amide bonds. The van der Waals surface area contributed by atoms with Gasteiger partial charge in [0.05, 0.1) is 0 Å². The quantitative estimate of drug-likeness (QED) is 0.690. The van der Waals surface area contributed by atoms with Gasteiger partial charge < -0.3 is 10.1 Å². The van der Waals surface area contributed by atoms with Crippen molar-refractivity contribution in [2.24, 2.45) is 0 Å². The van der Waals surface area contributed by atoms with E-state index in [2.05, 4.69) is 29.2 Å². The topological polar surface area (TPSA) is 36.0 Å². The van der Waals surface area contributed by atoms with Crippen LogP contribution in [0.2, 0.25) is 0 Å². The third-order valence-electron chi connectivity index (χ3n) is 2.95. The first-order valence-electron chi connectivity index (χ1n) is 5.87. The second kappa shape index (κ2) is 4.41. The first-order chi connectivity index (χ1) is 8.83. The zero-order valence-electron chi connectivity index (χ0n) is 9.80. The van der Waals surface area contributed by atoms with E-state index in [-0.39, 0.29) is 5.75 Å². The Hall–Kier alpha value is -2.48. The summed E-state index contributed by atoms with van der Waals surface area (Å²) in [6, 6.07) is 21.5. The molecule has 0 unspecified atom stereocenters. The van der Waals surface area contributed by atoms with E-state index in [9.17, 15) is 5.11 Å². The van der Waals surface area contributed by atoms with Gasteiger partial charge in [-0.05, 0) is 47.5 Å². The van der Waals surface area contributed by atoms with Gasteiger partial charge in [-0.15, -0.1) is 0 Å². The summed E-state index contributed by atoms with van der Waals surface area (Å²) in [7, 11) is 0. The molecule has 0 spiro atoms. The number of aromatic amines is 1. The van der Waals surface area contributed by atoms with Gasteiger partial charge in [0.25, 0.3) is 0 Å². The highest BCUT2D eigenvalue weighted by atomic mass is 16.3. The fourth-order valence-corrected chi connectivity index (χ4v) is 1.99. The van der Waals surface area contributed by atoms with Crippen molar-refractivity contribution in [1.82, 2.24) is 4.98 Å². The SMILES string of the molecule is Oc1ccc(-c2ccc(-c3ccccc3)[nH]2)cc1. The number of rotatable bonds is 2. The van der Waals surface area contributed by atoms with Crippen molar-refractivity contribution in [2.45, 2.75) is 0 Å². The molecule has 0 aliphatic rings. The van der Waals surface area contributed by atoms with Crippen molar-refractivity contribution in [3.05, 3.63) is 66.7 Å². The van der Waals surface area contributed by atoms with Gasteiger partial charge in [0.2, 0.25) is 0 Å². The predicted molar refractivity (Wildman–Crippen MR) is 73.3 cm³/mol. The van der Waals surface area contributed by atoms with Crippen LogP contribution in [0, 0.1) is 0 Å². The van der Waals surface area contributed by atoms with E-state index in [0.29, 0.717) is 0 Å². The molecule has 0 bridgehead atoms. The van der Waals surface area contributed by atoms with E-state index in [1.165, 1.54) is 5.56 Å². The molecule has 0 radical (unpaired) electrons. The van der Waals surface area contributed by atoms with Crippen LogP contribution in [-0.4, -0.2) is 10.1 Å². The van der Waals surface area contributed by atoms with Gasteiger partial charge in [-0.2, -0.15) is 0 Å². The Kier molecular flexibility index (Phi) is 2.61. The summed E-state index contributed by atoms with van der Waals surface area (Å²) >= 11 is 0. The standard InChI is InChI=1S/C16H13NO/c18-14-8-6-13(7-9-14)16-11-10-15(17-16)12-4-2-1-3-5-12/h1-11,17-18H. The lowest BCUT2D eigenvalue weighted by Gasteiger charge is -2.00. The molecular weight excluding hydrogens is 222 g/mol. The number of benzene rings is 2. The molecule has 2 nitrogen and oxygen atoms in total. The smallest absolute Gasteiger partial charge is 0.115 e. The lowest BCUT2D eigenvalue weighted by Crippen LogP contribution is -1.79. The van der Waals surface area contributed by atoms with Gasteiger partial charge in [-0.3, -0.25) is 0 Å². The van der Waals surface area contributed by atoms with Crippen molar-refractivity contribution in [3.63, 3.8) is 0 Å². The van der Waals surface area contributed by atoms with Gasteiger partial charge >= 0.3 is 0 Å². The maximum Gasteiger partial charge on any atom is 0.115 e. The van der Waals surface area contributed by atoms with E-state index in [1.807, 2.05) is 30.3 Å². The van der Waals surface area contributed by atoms with Crippen LogP contribution in [0.1, 0.15) is 0 Å². The van der Waals surface area contributed by atoms with Crippen molar-refractivity contribution in [2.75, 3.05) is 0 Å². The van der Waals surface area contributed by atoms with Crippen LogP contribution in [0.3, 0.4) is 0 Å². The summed E-state index contributed by atoms with van der Waals surface area (Å²) < 4.78 is 0. The van der Waals surface area contributed by atoms with Crippen LogP contribution < -0.4 is 0 Å². The van der Waals surface area contributed by atoms with Crippen LogP contribution in [0.15, 0.2) is 66.7 Å². The average Bonchev–Trinajstić information content (AvgIpc) is 2.90. The van der Waals surface area contributed by atoms with E-state index in [0.717, 1.165) is 17.0 Å². The van der Waals surface area contributed by atoms with Gasteiger partial charge in [0.15, 0.2) is 0 Å². The molecule has 18 heavy (non-hydrogen) atoms. The molecule has 3 rings (SSSR count). The number of hydrogen-bond donors (Lipinski definition) is 2. The summed E-state index contributed by atoms with van der Waals surface area (Å²) in [5, 5.41) is 9.28. The molecule has 2 heteroatoms. The Morgan fingerprint density at radius 2 is 1.17 bits per heavy atom. The second-order valence-corrected chi connectivity index (χ2v) is 4.20. The highest BCUT2D eigenvalue weighted by Gasteiger charge is 2.03. The van der Waals surface area contributed by atoms with Gasteiger partial charge in [-0.1, -0.05) is 30.3 Å². The van der Waals surface area contributed by atoms with Crippen molar-refractivity contribution < 1.29 is 5.11 Å². The first kappa shape index (κ1) is 10.7. The Balaban J connectivity index is 1.97. The largest absolute Gasteiger partial charge is 0.508 e. The Morgan fingerprint density at radius 1 is 0.611 bits per heavy atom. The van der Waals surface area contributed by atoms with Crippen molar-refractivity contribution >= 4 is 0 Å². The molecule has 88 valence electrons. The first-order valence-corrected chi connectivity index (χ1v) is 5.87. The van der Waals surface area contributed by atoms with E-state index in [4.69, 9.17) is 0 Å². The van der Waals surface area contributed by atoms with E-state index >= 15 is 0 Å². The number of aromatic nitrogens is 1. The lowest BCUT2D eigenvalue weighted by molar-refractivity contribution is 0.475. The summed E-state index contributed by atoms with van der Waals surface area (Å²) in [6.45, 7) is 0. The number of phenols is 1. The molecule has 0 saturated carbocycles. The highest BCUT2D eigenvalue weighted by Crippen LogP contribution is 2.25. The van der Waals surface area contributed by atoms with Crippen LogP contribution >= 0.6 is 0 Å². The van der Waals surface area contributed by atoms with Crippen LogP contribution in [0.5, 0.6) is 5.75 Å². The fraction of sp³-hybridized carbons (Fsp3) is 0. The molecule has 2 aromatic carbocycles. The van der Waals surface area contributed by atoms with Crippen LogP contribution in [0.25, 0.3) is 22.5 Å². The summed E-state index contributed by atoms with van der Waals surface area (Å²) in [5.74, 6) is 0.286. The minimum atomic E-state index is 0.286. The highest BCUT2D eigenvalue weighted by molar-refractivity contribution is 5.68. The Labute approximate surface area is 106 Å². The minimum Gasteiger partial charge on any atom is -0.508 e. The molecule has 2 N–H and O–H groups in total. The van der Waals surface area contributed by atoms with Gasteiger partial charge in [0.1, 0.15) is 5.75 Å². The summed E-state index contributed by atoms with van der Waals surface area (Å²) in [4.78, 5) is 3.38. The minimum absolute atomic E-state index is 0.286. The molecule has 0 atom stereocenters. The molecule has 0 saturated heterocycles. The molecule has 0 aliphatic carbocycles. The predicted octanol–water partition coefficient (Wildman–Crippen LogP) is 4.05.